The Kier molecular flexibility index (Phi) is 6.17. The van der Waals surface area contributed by atoms with Gasteiger partial charge in [-0.3, -0.25) is 9.59 Å². The summed E-state index contributed by atoms with van der Waals surface area (Å²) in [6, 6.07) is 5.51. The van der Waals surface area contributed by atoms with Gasteiger partial charge in [-0.05, 0) is 63.4 Å². The zero-order chi connectivity index (χ0) is 24.1. The summed E-state index contributed by atoms with van der Waals surface area (Å²) in [7, 11) is 0. The van der Waals surface area contributed by atoms with Gasteiger partial charge in [-0.25, -0.2) is 4.98 Å². The van der Waals surface area contributed by atoms with E-state index in [-0.39, 0.29) is 28.2 Å². The number of aromatic nitrogens is 1. The first-order chi connectivity index (χ1) is 14.7. The van der Waals surface area contributed by atoms with Crippen LogP contribution in [0.2, 0.25) is 5.02 Å². The van der Waals surface area contributed by atoms with Gasteiger partial charge in [0.2, 0.25) is 5.88 Å². The highest BCUT2D eigenvalue weighted by atomic mass is 35.5. The van der Waals surface area contributed by atoms with Crippen molar-refractivity contribution in [1.82, 2.24) is 4.98 Å². The number of carbonyl (C=O) groups is 2. The monoisotopic (exact) mass is 469 g/mol. The van der Waals surface area contributed by atoms with Crippen LogP contribution in [0.15, 0.2) is 30.5 Å². The third kappa shape index (κ3) is 4.52. The van der Waals surface area contributed by atoms with Crippen LogP contribution in [0.3, 0.4) is 0 Å². The van der Waals surface area contributed by atoms with Crippen LogP contribution < -0.4 is 4.74 Å². The summed E-state index contributed by atoms with van der Waals surface area (Å²) in [6.45, 7) is 8.40. The number of hydrogen-bond donors (Lipinski definition) is 0. The molecular formula is C23H23ClF3NO4. The summed E-state index contributed by atoms with van der Waals surface area (Å²) in [4.78, 5) is 29.8. The molecule has 0 saturated carbocycles. The van der Waals surface area contributed by atoms with Crippen LogP contribution in [0.4, 0.5) is 13.2 Å². The number of carbonyl (C=O) groups excluding carboxylic acids is 2. The predicted molar refractivity (Wildman–Crippen MR) is 112 cm³/mol. The summed E-state index contributed by atoms with van der Waals surface area (Å²) in [5, 5.41) is -0.291. The third-order valence-corrected chi connectivity index (χ3v) is 5.65. The lowest BCUT2D eigenvalue weighted by molar-refractivity contribution is -0.184. The van der Waals surface area contributed by atoms with E-state index in [1.165, 1.54) is 6.07 Å². The summed E-state index contributed by atoms with van der Waals surface area (Å²) < 4.78 is 49.8. The molecule has 0 atom stereocenters. The molecule has 0 radical (unpaired) electrons. The first-order valence-corrected chi connectivity index (χ1v) is 10.4. The zero-order valence-corrected chi connectivity index (χ0v) is 19.0. The fraction of sp³-hybridized carbons (Fsp3) is 0.435. The SMILES string of the molecule is CCc1cc(Oc2ncc(C(F)(F)F)cc2Cl)ccc1C1C(=O)C(C)(C)OC(C)(C)C1=O. The van der Waals surface area contributed by atoms with Crippen molar-refractivity contribution in [3.63, 3.8) is 0 Å². The Hall–Kier alpha value is -2.45. The van der Waals surface area contributed by atoms with Crippen molar-refractivity contribution in [3.05, 3.63) is 52.2 Å². The van der Waals surface area contributed by atoms with E-state index in [1.807, 2.05) is 6.92 Å². The van der Waals surface area contributed by atoms with E-state index >= 15 is 0 Å². The molecule has 0 spiro atoms. The quantitative estimate of drug-likeness (QED) is 0.520. The Bertz CT molecular complexity index is 1050. The van der Waals surface area contributed by atoms with Crippen LogP contribution in [0, 0.1) is 0 Å². The van der Waals surface area contributed by atoms with Gasteiger partial charge in [-0.1, -0.05) is 24.6 Å². The normalized spacial score (nSPS) is 18.7. The standard InChI is InChI=1S/C23H23ClF3NO4/c1-6-12-9-14(31-20-16(24)10-13(11-28-20)23(25,26)27)7-8-15(12)17-18(29)21(2,3)32-22(4,5)19(17)30/h7-11,17H,6H2,1-5H3. The average Bonchev–Trinajstić information content (AvgIpc) is 2.67. The molecule has 2 aromatic rings. The Morgan fingerprint density at radius 1 is 1.09 bits per heavy atom. The minimum Gasteiger partial charge on any atom is -0.438 e. The van der Waals surface area contributed by atoms with Crippen LogP contribution in [0.25, 0.3) is 0 Å². The van der Waals surface area contributed by atoms with Crippen molar-refractivity contribution in [2.75, 3.05) is 0 Å². The molecule has 5 nitrogen and oxygen atoms in total. The van der Waals surface area contributed by atoms with Crippen LogP contribution in [0.5, 0.6) is 11.6 Å². The maximum Gasteiger partial charge on any atom is 0.417 e. The van der Waals surface area contributed by atoms with Crippen molar-refractivity contribution in [2.24, 2.45) is 0 Å². The molecule has 9 heteroatoms. The number of ether oxygens (including phenoxy) is 2. The summed E-state index contributed by atoms with van der Waals surface area (Å²) >= 11 is 5.92. The molecule has 0 bridgehead atoms. The first-order valence-electron chi connectivity index (χ1n) is 9.99. The van der Waals surface area contributed by atoms with Crippen molar-refractivity contribution in [1.29, 1.82) is 0 Å². The van der Waals surface area contributed by atoms with E-state index in [0.29, 0.717) is 23.7 Å². The van der Waals surface area contributed by atoms with Crippen molar-refractivity contribution in [3.8, 4) is 11.6 Å². The lowest BCUT2D eigenvalue weighted by Crippen LogP contribution is -2.58. The second-order valence-corrected chi connectivity index (χ2v) is 9.02. The lowest BCUT2D eigenvalue weighted by Gasteiger charge is -2.43. The molecule has 0 amide bonds. The molecule has 0 aliphatic carbocycles. The summed E-state index contributed by atoms with van der Waals surface area (Å²) in [5.74, 6) is -1.58. The topological polar surface area (TPSA) is 65.5 Å². The van der Waals surface area contributed by atoms with E-state index in [2.05, 4.69) is 4.98 Å². The van der Waals surface area contributed by atoms with E-state index < -0.39 is 28.9 Å². The second kappa shape index (κ2) is 8.15. The number of halogens is 4. The molecule has 1 aromatic heterocycles. The van der Waals surface area contributed by atoms with Crippen molar-refractivity contribution in [2.45, 2.75) is 64.3 Å². The Labute approximate surface area is 188 Å². The number of hydrogen-bond acceptors (Lipinski definition) is 5. The van der Waals surface area contributed by atoms with Crippen LogP contribution in [-0.2, 0) is 26.9 Å². The molecule has 0 N–H and O–H groups in total. The molecule has 1 aliphatic heterocycles. The maximum absolute atomic E-state index is 13.1. The molecule has 0 unspecified atom stereocenters. The smallest absolute Gasteiger partial charge is 0.417 e. The highest BCUT2D eigenvalue weighted by molar-refractivity contribution is 6.31. The number of nitrogens with zero attached hydrogens (tertiary/aromatic N) is 1. The molecule has 3 rings (SSSR count). The minimum absolute atomic E-state index is 0.185. The lowest BCUT2D eigenvalue weighted by atomic mass is 9.74. The Balaban J connectivity index is 1.96. The number of pyridine rings is 1. The maximum atomic E-state index is 13.1. The van der Waals surface area contributed by atoms with Gasteiger partial charge in [0.1, 0.15) is 27.9 Å². The average molecular weight is 470 g/mol. The van der Waals surface area contributed by atoms with Gasteiger partial charge in [0.25, 0.3) is 0 Å². The number of alkyl halides is 3. The molecule has 32 heavy (non-hydrogen) atoms. The highest BCUT2D eigenvalue weighted by Gasteiger charge is 2.53. The largest absolute Gasteiger partial charge is 0.438 e. The molecular weight excluding hydrogens is 447 g/mol. The number of ketones is 2. The van der Waals surface area contributed by atoms with Crippen molar-refractivity contribution >= 4 is 23.2 Å². The number of benzene rings is 1. The van der Waals surface area contributed by atoms with Gasteiger partial charge in [0.15, 0.2) is 11.6 Å². The third-order valence-electron chi connectivity index (χ3n) is 5.38. The minimum atomic E-state index is -4.57. The van der Waals surface area contributed by atoms with Gasteiger partial charge < -0.3 is 9.47 Å². The predicted octanol–water partition coefficient (Wildman–Crippen LogP) is 5.92. The van der Waals surface area contributed by atoms with E-state index in [9.17, 15) is 22.8 Å². The Morgan fingerprint density at radius 3 is 2.19 bits per heavy atom. The molecule has 2 heterocycles. The van der Waals surface area contributed by atoms with Crippen LogP contribution >= 0.6 is 11.6 Å². The highest BCUT2D eigenvalue weighted by Crippen LogP contribution is 2.41. The molecule has 1 saturated heterocycles. The van der Waals surface area contributed by atoms with Gasteiger partial charge in [-0.15, -0.1) is 0 Å². The van der Waals surface area contributed by atoms with Crippen LogP contribution in [0.1, 0.15) is 57.2 Å². The molecule has 1 aliphatic rings. The van der Waals surface area contributed by atoms with Crippen molar-refractivity contribution < 1.29 is 32.2 Å². The second-order valence-electron chi connectivity index (χ2n) is 8.61. The van der Waals surface area contributed by atoms with E-state index in [1.54, 1.807) is 39.8 Å². The zero-order valence-electron chi connectivity index (χ0n) is 18.3. The van der Waals surface area contributed by atoms with Crippen LogP contribution in [-0.4, -0.2) is 27.8 Å². The fourth-order valence-corrected chi connectivity index (χ4v) is 4.04. The fourth-order valence-electron chi connectivity index (χ4n) is 3.84. The van der Waals surface area contributed by atoms with Gasteiger partial charge >= 0.3 is 6.18 Å². The van der Waals surface area contributed by atoms with Gasteiger partial charge in [-0.2, -0.15) is 13.2 Å². The number of aryl methyl sites for hydroxylation is 1. The number of Topliss-reactive ketones (excluding diaryl/α,β-unsaturated/α-hetero) is 2. The number of rotatable bonds is 4. The summed E-state index contributed by atoms with van der Waals surface area (Å²) in [5.41, 5.74) is -2.03. The van der Waals surface area contributed by atoms with Gasteiger partial charge in [0, 0.05) is 6.20 Å². The molecule has 172 valence electrons. The Morgan fingerprint density at radius 2 is 1.69 bits per heavy atom. The summed E-state index contributed by atoms with van der Waals surface area (Å²) in [6.07, 6.45) is -3.45. The molecule has 1 aromatic carbocycles. The molecule has 1 fully saturated rings. The first kappa shape index (κ1) is 24.2. The van der Waals surface area contributed by atoms with E-state index in [0.717, 1.165) is 6.07 Å². The van der Waals surface area contributed by atoms with Gasteiger partial charge in [0.05, 0.1) is 5.56 Å². The van der Waals surface area contributed by atoms with E-state index in [4.69, 9.17) is 21.1 Å².